The van der Waals surface area contributed by atoms with E-state index in [1.165, 1.54) is 6.07 Å². The standard InChI is InChI=1S/C13H19IN2O3/c1-3-10(4-2)15(7-8-17)13-6-5-11(16(18)19)9-12(13)14/h5-6,9-10,17H,3-4,7-8H2,1-2H3. The highest BCUT2D eigenvalue weighted by molar-refractivity contribution is 14.1. The molecule has 0 fully saturated rings. The van der Waals surface area contributed by atoms with Crippen molar-refractivity contribution in [3.8, 4) is 0 Å². The van der Waals surface area contributed by atoms with Crippen molar-refractivity contribution in [1.29, 1.82) is 0 Å². The zero-order valence-corrected chi connectivity index (χ0v) is 13.3. The Hall–Kier alpha value is -0.890. The van der Waals surface area contributed by atoms with Gasteiger partial charge < -0.3 is 10.0 Å². The van der Waals surface area contributed by atoms with Gasteiger partial charge in [0.1, 0.15) is 0 Å². The molecular formula is C13H19IN2O3. The first kappa shape index (κ1) is 16.2. The SMILES string of the molecule is CCC(CC)N(CCO)c1ccc([N+](=O)[O-])cc1I. The molecule has 19 heavy (non-hydrogen) atoms. The molecule has 106 valence electrons. The second kappa shape index (κ2) is 7.64. The van der Waals surface area contributed by atoms with Crippen LogP contribution < -0.4 is 4.90 Å². The molecule has 5 nitrogen and oxygen atoms in total. The number of hydrogen-bond acceptors (Lipinski definition) is 4. The number of rotatable bonds is 7. The molecule has 1 aromatic carbocycles. The fraction of sp³-hybridized carbons (Fsp3) is 0.538. The van der Waals surface area contributed by atoms with Gasteiger partial charge >= 0.3 is 0 Å². The molecule has 0 aliphatic carbocycles. The number of nitro benzene ring substituents is 1. The number of non-ortho nitro benzene ring substituents is 1. The highest BCUT2D eigenvalue weighted by atomic mass is 127. The number of aliphatic hydroxyl groups is 1. The molecule has 0 saturated carbocycles. The lowest BCUT2D eigenvalue weighted by molar-refractivity contribution is -0.384. The van der Waals surface area contributed by atoms with E-state index in [1.54, 1.807) is 12.1 Å². The van der Waals surface area contributed by atoms with Crippen LogP contribution in [0.4, 0.5) is 11.4 Å². The molecule has 0 heterocycles. The maximum atomic E-state index is 10.8. The molecule has 0 amide bonds. The molecular weight excluding hydrogens is 359 g/mol. The molecule has 1 rings (SSSR count). The number of nitro groups is 1. The van der Waals surface area contributed by atoms with Gasteiger partial charge in [0.15, 0.2) is 0 Å². The van der Waals surface area contributed by atoms with Crippen LogP contribution in [0.15, 0.2) is 18.2 Å². The summed E-state index contributed by atoms with van der Waals surface area (Å²) in [5.41, 5.74) is 1.05. The summed E-state index contributed by atoms with van der Waals surface area (Å²) in [4.78, 5) is 12.5. The topological polar surface area (TPSA) is 66.6 Å². The third kappa shape index (κ3) is 4.04. The number of anilines is 1. The minimum absolute atomic E-state index is 0.0730. The van der Waals surface area contributed by atoms with Gasteiger partial charge in [0, 0.05) is 28.3 Å². The summed E-state index contributed by atoms with van der Waals surface area (Å²) in [6, 6.07) is 5.20. The average Bonchev–Trinajstić information content (AvgIpc) is 2.39. The molecule has 6 heteroatoms. The van der Waals surface area contributed by atoms with Crippen LogP contribution in [0.2, 0.25) is 0 Å². The number of aliphatic hydroxyl groups excluding tert-OH is 1. The van der Waals surface area contributed by atoms with Crippen LogP contribution >= 0.6 is 22.6 Å². The van der Waals surface area contributed by atoms with Crippen LogP contribution in [0.3, 0.4) is 0 Å². The van der Waals surface area contributed by atoms with E-state index >= 15 is 0 Å². The van der Waals surface area contributed by atoms with Crippen molar-refractivity contribution < 1.29 is 10.0 Å². The predicted molar refractivity (Wildman–Crippen MR) is 84.6 cm³/mol. The smallest absolute Gasteiger partial charge is 0.270 e. The van der Waals surface area contributed by atoms with Crippen LogP contribution in [0, 0.1) is 13.7 Å². The Morgan fingerprint density at radius 2 is 2.05 bits per heavy atom. The van der Waals surface area contributed by atoms with Crippen molar-refractivity contribution in [1.82, 2.24) is 0 Å². The lowest BCUT2D eigenvalue weighted by atomic mass is 10.1. The van der Waals surface area contributed by atoms with E-state index < -0.39 is 0 Å². The molecule has 0 atom stereocenters. The summed E-state index contributed by atoms with van der Waals surface area (Å²) in [5.74, 6) is 0. The van der Waals surface area contributed by atoms with Crippen molar-refractivity contribution in [2.24, 2.45) is 0 Å². The summed E-state index contributed by atoms with van der Waals surface area (Å²) in [6.07, 6.45) is 1.95. The zero-order valence-electron chi connectivity index (χ0n) is 11.2. The maximum Gasteiger partial charge on any atom is 0.270 e. The molecule has 0 radical (unpaired) electrons. The van der Waals surface area contributed by atoms with E-state index in [2.05, 4.69) is 41.3 Å². The fourth-order valence-electron chi connectivity index (χ4n) is 2.18. The lowest BCUT2D eigenvalue weighted by Gasteiger charge is -2.32. The Bertz CT molecular complexity index is 436. The molecule has 0 unspecified atom stereocenters. The summed E-state index contributed by atoms with van der Waals surface area (Å²) in [7, 11) is 0. The Kier molecular flexibility index (Phi) is 6.50. The Labute approximate surface area is 126 Å². The Morgan fingerprint density at radius 3 is 2.47 bits per heavy atom. The van der Waals surface area contributed by atoms with E-state index in [0.717, 1.165) is 22.1 Å². The summed E-state index contributed by atoms with van der Waals surface area (Å²) < 4.78 is 0.840. The van der Waals surface area contributed by atoms with Gasteiger partial charge in [0.2, 0.25) is 0 Å². The number of benzene rings is 1. The van der Waals surface area contributed by atoms with Gasteiger partial charge in [-0.2, -0.15) is 0 Å². The average molecular weight is 378 g/mol. The van der Waals surface area contributed by atoms with E-state index in [9.17, 15) is 15.2 Å². The third-order valence-electron chi connectivity index (χ3n) is 3.18. The molecule has 0 aliphatic heterocycles. The van der Waals surface area contributed by atoms with Gasteiger partial charge in [-0.25, -0.2) is 0 Å². The minimum Gasteiger partial charge on any atom is -0.395 e. The first-order valence-electron chi connectivity index (χ1n) is 6.36. The zero-order chi connectivity index (χ0) is 14.4. The molecule has 1 aromatic rings. The molecule has 1 N–H and O–H groups in total. The molecule has 0 aliphatic rings. The Morgan fingerprint density at radius 1 is 1.42 bits per heavy atom. The molecule has 0 aromatic heterocycles. The first-order chi connectivity index (χ1) is 9.04. The molecule has 0 saturated heterocycles. The van der Waals surface area contributed by atoms with Gasteiger partial charge in [0.05, 0.1) is 17.2 Å². The van der Waals surface area contributed by atoms with E-state index in [1.807, 2.05) is 0 Å². The minimum atomic E-state index is -0.389. The second-order valence-corrected chi connectivity index (χ2v) is 5.44. The van der Waals surface area contributed by atoms with Crippen LogP contribution in [0.1, 0.15) is 26.7 Å². The Balaban J connectivity index is 3.12. The monoisotopic (exact) mass is 378 g/mol. The quantitative estimate of drug-likeness (QED) is 0.450. The van der Waals surface area contributed by atoms with Crippen molar-refractivity contribution in [3.05, 3.63) is 31.9 Å². The van der Waals surface area contributed by atoms with E-state index in [0.29, 0.717) is 12.6 Å². The third-order valence-corrected chi connectivity index (χ3v) is 4.04. The van der Waals surface area contributed by atoms with Crippen LogP contribution in [0.25, 0.3) is 0 Å². The summed E-state index contributed by atoms with van der Waals surface area (Å²) >= 11 is 2.11. The molecule has 0 bridgehead atoms. The predicted octanol–water partition coefficient (Wildman–Crippen LogP) is 3.19. The van der Waals surface area contributed by atoms with Gasteiger partial charge in [-0.1, -0.05) is 13.8 Å². The number of halogens is 1. The first-order valence-corrected chi connectivity index (χ1v) is 7.44. The highest BCUT2D eigenvalue weighted by Gasteiger charge is 2.19. The van der Waals surface area contributed by atoms with Crippen molar-refractivity contribution in [2.75, 3.05) is 18.1 Å². The van der Waals surface area contributed by atoms with Gasteiger partial charge in [-0.3, -0.25) is 10.1 Å². The van der Waals surface area contributed by atoms with Crippen LogP contribution in [-0.4, -0.2) is 29.2 Å². The van der Waals surface area contributed by atoms with Crippen LogP contribution in [-0.2, 0) is 0 Å². The largest absolute Gasteiger partial charge is 0.395 e. The fourth-order valence-corrected chi connectivity index (χ4v) is 2.99. The van der Waals surface area contributed by atoms with Gasteiger partial charge in [-0.05, 0) is 41.5 Å². The van der Waals surface area contributed by atoms with Crippen molar-refractivity contribution >= 4 is 34.0 Å². The van der Waals surface area contributed by atoms with Crippen molar-refractivity contribution in [2.45, 2.75) is 32.7 Å². The summed E-state index contributed by atoms with van der Waals surface area (Å²) in [5, 5.41) is 20.0. The maximum absolute atomic E-state index is 10.8. The number of hydrogen-bond donors (Lipinski definition) is 1. The van der Waals surface area contributed by atoms with Crippen molar-refractivity contribution in [3.63, 3.8) is 0 Å². The van der Waals surface area contributed by atoms with Gasteiger partial charge in [-0.15, -0.1) is 0 Å². The lowest BCUT2D eigenvalue weighted by Crippen LogP contribution is -2.37. The van der Waals surface area contributed by atoms with E-state index in [4.69, 9.17) is 0 Å². The van der Waals surface area contributed by atoms with Crippen LogP contribution in [0.5, 0.6) is 0 Å². The van der Waals surface area contributed by atoms with Gasteiger partial charge in [0.25, 0.3) is 5.69 Å². The normalized spacial score (nSPS) is 10.8. The summed E-state index contributed by atoms with van der Waals surface area (Å²) in [6.45, 7) is 4.83. The molecule has 0 spiro atoms. The highest BCUT2D eigenvalue weighted by Crippen LogP contribution is 2.29. The second-order valence-electron chi connectivity index (χ2n) is 4.28. The number of nitrogens with zero attached hydrogens (tertiary/aromatic N) is 2. The van der Waals surface area contributed by atoms with E-state index in [-0.39, 0.29) is 17.2 Å².